The number of anilines is 1. The van der Waals surface area contributed by atoms with Crippen molar-refractivity contribution in [2.75, 3.05) is 18.4 Å². The van der Waals surface area contributed by atoms with E-state index >= 15 is 0 Å². The van der Waals surface area contributed by atoms with Crippen molar-refractivity contribution < 1.29 is 4.79 Å². The van der Waals surface area contributed by atoms with Crippen molar-refractivity contribution in [3.05, 3.63) is 45.7 Å². The van der Waals surface area contributed by atoms with E-state index in [2.05, 4.69) is 20.6 Å². The van der Waals surface area contributed by atoms with Crippen molar-refractivity contribution in [2.24, 2.45) is 0 Å². The molecule has 0 bridgehead atoms. The van der Waals surface area contributed by atoms with Crippen LogP contribution in [0.1, 0.15) is 45.4 Å². The molecule has 0 spiro atoms. The number of carbonyl (C=O) groups is 1. The molecule has 1 saturated heterocycles. The molecule has 4 heterocycles. The van der Waals surface area contributed by atoms with Crippen molar-refractivity contribution in [1.29, 1.82) is 0 Å². The zero-order chi connectivity index (χ0) is 18.1. The molecule has 1 aliphatic heterocycles. The maximum atomic E-state index is 12.8. The van der Waals surface area contributed by atoms with Gasteiger partial charge < -0.3 is 5.32 Å². The molecule has 6 nitrogen and oxygen atoms in total. The summed E-state index contributed by atoms with van der Waals surface area (Å²) in [6.07, 6.45) is 5.95. The molecule has 136 valence electrons. The summed E-state index contributed by atoms with van der Waals surface area (Å²) in [4.78, 5) is 22.8. The highest BCUT2D eigenvalue weighted by Gasteiger charge is 2.21. The molecule has 0 saturated carbocycles. The van der Waals surface area contributed by atoms with Crippen molar-refractivity contribution >= 4 is 33.7 Å². The molecule has 8 heteroatoms. The lowest BCUT2D eigenvalue weighted by molar-refractivity contribution is 0.102. The number of nitrogens with zero attached hydrogens (tertiary/aromatic N) is 3. The van der Waals surface area contributed by atoms with Gasteiger partial charge in [-0.15, -0.1) is 22.7 Å². The van der Waals surface area contributed by atoms with Crippen LogP contribution in [0.2, 0.25) is 0 Å². The number of hydrogen-bond acceptors (Lipinski definition) is 6. The minimum atomic E-state index is -0.118. The number of aromatic nitrogens is 3. The Bertz CT molecular complexity index is 906. The number of aryl methyl sites for hydroxylation is 1. The fraction of sp³-hybridized carbons (Fsp3) is 0.389. The van der Waals surface area contributed by atoms with Gasteiger partial charge >= 0.3 is 0 Å². The Hall–Kier alpha value is -2.03. The Labute approximate surface area is 160 Å². The molecule has 0 aromatic carbocycles. The Kier molecular flexibility index (Phi) is 4.88. The quantitative estimate of drug-likeness (QED) is 0.716. The molecule has 0 atom stereocenters. The average molecular weight is 388 g/mol. The number of rotatable bonds is 4. The van der Waals surface area contributed by atoms with Crippen molar-refractivity contribution in [3.63, 3.8) is 0 Å². The summed E-state index contributed by atoms with van der Waals surface area (Å²) < 4.78 is 2.02. The zero-order valence-corrected chi connectivity index (χ0v) is 16.4. The van der Waals surface area contributed by atoms with Crippen LogP contribution in [0.4, 0.5) is 5.13 Å². The van der Waals surface area contributed by atoms with Crippen LogP contribution < -0.4 is 10.6 Å². The van der Waals surface area contributed by atoms with Gasteiger partial charge in [-0.3, -0.25) is 14.7 Å². The predicted molar refractivity (Wildman–Crippen MR) is 106 cm³/mol. The average Bonchev–Trinajstić information content (AvgIpc) is 3.37. The van der Waals surface area contributed by atoms with Gasteiger partial charge in [0.1, 0.15) is 0 Å². The molecular formula is C18H21N5OS2. The largest absolute Gasteiger partial charge is 0.317 e. The summed E-state index contributed by atoms with van der Waals surface area (Å²) in [5, 5.41) is 9.83. The van der Waals surface area contributed by atoms with Crippen LogP contribution in [0.5, 0.6) is 0 Å². The molecule has 0 radical (unpaired) electrons. The summed E-state index contributed by atoms with van der Waals surface area (Å²) in [5.74, 6) is 0.432. The molecule has 1 amide bonds. The molecular weight excluding hydrogens is 366 g/mol. The van der Waals surface area contributed by atoms with E-state index in [1.54, 1.807) is 28.9 Å². The number of carbonyl (C=O) groups excluding carboxylic acids is 1. The van der Waals surface area contributed by atoms with E-state index in [1.807, 2.05) is 36.1 Å². The molecule has 26 heavy (non-hydrogen) atoms. The zero-order valence-electron chi connectivity index (χ0n) is 14.8. The van der Waals surface area contributed by atoms with Crippen LogP contribution in [0.25, 0.3) is 5.13 Å². The second-order valence-corrected chi connectivity index (χ2v) is 8.42. The summed E-state index contributed by atoms with van der Waals surface area (Å²) in [5.41, 5.74) is 2.55. The van der Waals surface area contributed by atoms with E-state index in [9.17, 15) is 4.79 Å². The van der Waals surface area contributed by atoms with Gasteiger partial charge in [-0.1, -0.05) is 0 Å². The first-order valence-electron chi connectivity index (χ1n) is 8.70. The van der Waals surface area contributed by atoms with E-state index in [0.717, 1.165) is 42.5 Å². The third-order valence-electron chi connectivity index (χ3n) is 4.77. The van der Waals surface area contributed by atoms with Crippen LogP contribution in [-0.2, 0) is 0 Å². The molecule has 2 N–H and O–H groups in total. The first-order chi connectivity index (χ1) is 12.6. The Morgan fingerprint density at radius 2 is 2.12 bits per heavy atom. The predicted octanol–water partition coefficient (Wildman–Crippen LogP) is 3.73. The smallest absolute Gasteiger partial charge is 0.259 e. The van der Waals surface area contributed by atoms with Crippen molar-refractivity contribution in [2.45, 2.75) is 32.6 Å². The lowest BCUT2D eigenvalue weighted by atomic mass is 9.97. The topological polar surface area (TPSA) is 71.8 Å². The van der Waals surface area contributed by atoms with Crippen molar-refractivity contribution in [3.8, 4) is 5.13 Å². The highest BCUT2D eigenvalue weighted by molar-refractivity contribution is 7.15. The number of hydrogen-bond donors (Lipinski definition) is 2. The summed E-state index contributed by atoms with van der Waals surface area (Å²) in [7, 11) is 0. The van der Waals surface area contributed by atoms with Gasteiger partial charge in [0.2, 0.25) is 0 Å². The van der Waals surface area contributed by atoms with Crippen molar-refractivity contribution in [1.82, 2.24) is 19.9 Å². The lowest BCUT2D eigenvalue weighted by Crippen LogP contribution is -2.26. The Morgan fingerprint density at radius 1 is 1.31 bits per heavy atom. The Balaban J connectivity index is 1.52. The summed E-state index contributed by atoms with van der Waals surface area (Å²) in [6, 6.07) is 1.91. The van der Waals surface area contributed by atoms with Gasteiger partial charge in [0.25, 0.3) is 5.91 Å². The van der Waals surface area contributed by atoms with Crippen LogP contribution in [0.15, 0.2) is 23.8 Å². The van der Waals surface area contributed by atoms with Gasteiger partial charge in [0.05, 0.1) is 5.56 Å². The molecule has 3 aromatic rings. The second-order valence-electron chi connectivity index (χ2n) is 6.48. The van der Waals surface area contributed by atoms with E-state index in [4.69, 9.17) is 0 Å². The first kappa shape index (κ1) is 17.4. The number of piperidine rings is 1. The highest BCUT2D eigenvalue weighted by atomic mass is 32.1. The number of nitrogens with one attached hydrogen (secondary N) is 2. The van der Waals surface area contributed by atoms with Gasteiger partial charge in [0, 0.05) is 34.0 Å². The minimum absolute atomic E-state index is 0.118. The molecule has 3 aromatic heterocycles. The Morgan fingerprint density at radius 3 is 2.85 bits per heavy atom. The molecule has 0 unspecified atom stereocenters. The van der Waals surface area contributed by atoms with E-state index < -0.39 is 0 Å². The third-order valence-corrected chi connectivity index (χ3v) is 6.60. The first-order valence-corrected chi connectivity index (χ1v) is 10.4. The number of thiazole rings is 2. The molecule has 1 aliphatic rings. The lowest BCUT2D eigenvalue weighted by Gasteiger charge is -2.20. The molecule has 0 aliphatic carbocycles. The molecule has 1 fully saturated rings. The highest BCUT2D eigenvalue weighted by Crippen LogP contribution is 2.32. The van der Waals surface area contributed by atoms with Gasteiger partial charge in [0.15, 0.2) is 10.3 Å². The SMILES string of the molecule is Cc1cc(C(=O)Nc2ncc(C3CCNCC3)s2)c(C)n1-c1nccs1. The monoisotopic (exact) mass is 387 g/mol. The minimum Gasteiger partial charge on any atom is -0.317 e. The van der Waals surface area contributed by atoms with Crippen LogP contribution in [0, 0.1) is 13.8 Å². The van der Waals surface area contributed by atoms with Crippen LogP contribution >= 0.6 is 22.7 Å². The fourth-order valence-electron chi connectivity index (χ4n) is 3.42. The normalized spacial score (nSPS) is 15.3. The van der Waals surface area contributed by atoms with Crippen LogP contribution in [0.3, 0.4) is 0 Å². The van der Waals surface area contributed by atoms with Gasteiger partial charge in [-0.2, -0.15) is 0 Å². The van der Waals surface area contributed by atoms with Crippen LogP contribution in [-0.4, -0.2) is 33.5 Å². The number of amides is 1. The second kappa shape index (κ2) is 7.30. The molecule has 4 rings (SSSR count). The van der Waals surface area contributed by atoms with E-state index in [0.29, 0.717) is 16.6 Å². The summed E-state index contributed by atoms with van der Waals surface area (Å²) in [6.45, 7) is 6.04. The van der Waals surface area contributed by atoms with Gasteiger partial charge in [-0.05, 0) is 51.8 Å². The third kappa shape index (κ3) is 3.32. The maximum Gasteiger partial charge on any atom is 0.259 e. The fourth-order valence-corrected chi connectivity index (χ4v) is 5.15. The van der Waals surface area contributed by atoms with E-state index in [-0.39, 0.29) is 5.91 Å². The van der Waals surface area contributed by atoms with E-state index in [1.165, 1.54) is 4.88 Å². The summed E-state index contributed by atoms with van der Waals surface area (Å²) >= 11 is 3.15. The van der Waals surface area contributed by atoms with Gasteiger partial charge in [-0.25, -0.2) is 9.97 Å². The standard InChI is InChI=1S/C18H21N5OS2/c1-11-9-14(12(2)23(11)18-20-7-8-25-18)16(24)22-17-21-10-15(26-17)13-3-5-19-6-4-13/h7-10,13,19H,3-6H2,1-2H3,(H,21,22,24). The maximum absolute atomic E-state index is 12.8.